The molecule has 2 rings (SSSR count). The van der Waals surface area contributed by atoms with E-state index < -0.39 is 5.97 Å². The molecule has 0 bridgehead atoms. The average molecular weight is 275 g/mol. The Morgan fingerprint density at radius 1 is 1.40 bits per heavy atom. The molecular weight excluding hydrogens is 258 g/mol. The first-order valence-electron chi connectivity index (χ1n) is 6.33. The van der Waals surface area contributed by atoms with Crippen LogP contribution in [0.4, 0.5) is 0 Å². The van der Waals surface area contributed by atoms with E-state index in [0.717, 1.165) is 11.3 Å². The molecule has 0 aliphatic carbocycles. The molecule has 0 radical (unpaired) electrons. The molecule has 0 atom stereocenters. The predicted molar refractivity (Wildman–Crippen MR) is 74.3 cm³/mol. The summed E-state index contributed by atoms with van der Waals surface area (Å²) in [5.74, 6) is 0.108. The monoisotopic (exact) mass is 275 g/mol. The summed E-state index contributed by atoms with van der Waals surface area (Å²) in [6.45, 7) is 5.73. The SMILES string of the molecule is COc1ccc(-c2nc(C)oc2C(=O)O)cc1C(C)C. The van der Waals surface area contributed by atoms with Crippen LogP contribution in [0.3, 0.4) is 0 Å². The van der Waals surface area contributed by atoms with E-state index in [1.807, 2.05) is 26.0 Å². The van der Waals surface area contributed by atoms with Crippen LogP contribution in [0, 0.1) is 6.92 Å². The molecule has 0 unspecified atom stereocenters. The van der Waals surface area contributed by atoms with Crippen LogP contribution in [0.5, 0.6) is 5.75 Å². The van der Waals surface area contributed by atoms with Gasteiger partial charge in [-0.2, -0.15) is 0 Å². The van der Waals surface area contributed by atoms with Gasteiger partial charge in [-0.15, -0.1) is 0 Å². The van der Waals surface area contributed by atoms with Crippen LogP contribution < -0.4 is 4.74 Å². The number of rotatable bonds is 4. The minimum absolute atomic E-state index is 0.137. The number of nitrogens with zero attached hydrogens (tertiary/aromatic N) is 1. The normalized spacial score (nSPS) is 10.8. The van der Waals surface area contributed by atoms with Crippen molar-refractivity contribution in [3.05, 3.63) is 35.4 Å². The van der Waals surface area contributed by atoms with Gasteiger partial charge in [0.25, 0.3) is 0 Å². The van der Waals surface area contributed by atoms with Crippen LogP contribution >= 0.6 is 0 Å². The standard InChI is InChI=1S/C15H17NO4/c1-8(2)11-7-10(5-6-12(11)19-4)13-14(15(17)18)20-9(3)16-13/h5-8H,1-4H3,(H,17,18). The van der Waals surface area contributed by atoms with Crippen LogP contribution in [0.15, 0.2) is 22.6 Å². The molecule has 0 fully saturated rings. The van der Waals surface area contributed by atoms with E-state index in [-0.39, 0.29) is 11.7 Å². The van der Waals surface area contributed by atoms with E-state index in [4.69, 9.17) is 14.3 Å². The Kier molecular flexibility index (Phi) is 3.79. The van der Waals surface area contributed by atoms with E-state index in [1.54, 1.807) is 20.1 Å². The fourth-order valence-electron chi connectivity index (χ4n) is 2.10. The van der Waals surface area contributed by atoms with E-state index >= 15 is 0 Å². The van der Waals surface area contributed by atoms with Crippen molar-refractivity contribution in [2.45, 2.75) is 26.7 Å². The maximum Gasteiger partial charge on any atom is 0.374 e. The Balaban J connectivity index is 2.59. The fraction of sp³-hybridized carbons (Fsp3) is 0.333. The quantitative estimate of drug-likeness (QED) is 0.924. The fourth-order valence-corrected chi connectivity index (χ4v) is 2.10. The molecular formula is C15H17NO4. The number of ether oxygens (including phenoxy) is 1. The van der Waals surface area contributed by atoms with E-state index in [1.165, 1.54) is 0 Å². The topological polar surface area (TPSA) is 72.6 Å². The van der Waals surface area contributed by atoms with Gasteiger partial charge in [0.2, 0.25) is 5.76 Å². The minimum Gasteiger partial charge on any atom is -0.496 e. The van der Waals surface area contributed by atoms with Crippen LogP contribution in [-0.2, 0) is 0 Å². The summed E-state index contributed by atoms with van der Waals surface area (Å²) < 4.78 is 10.5. The molecule has 1 aromatic carbocycles. The molecule has 0 saturated carbocycles. The van der Waals surface area contributed by atoms with Gasteiger partial charge in [0.15, 0.2) is 5.89 Å². The highest BCUT2D eigenvalue weighted by Crippen LogP contribution is 2.32. The summed E-state index contributed by atoms with van der Waals surface area (Å²) in [7, 11) is 1.61. The molecule has 0 aliphatic rings. The molecule has 0 aliphatic heterocycles. The lowest BCUT2D eigenvalue weighted by atomic mass is 9.98. The van der Waals surface area contributed by atoms with E-state index in [2.05, 4.69) is 4.98 Å². The molecule has 0 amide bonds. The van der Waals surface area contributed by atoms with Crippen molar-refractivity contribution in [1.82, 2.24) is 4.98 Å². The molecule has 2 aromatic rings. The maximum atomic E-state index is 11.2. The van der Waals surface area contributed by atoms with E-state index in [9.17, 15) is 4.79 Å². The third-order valence-corrected chi connectivity index (χ3v) is 3.05. The van der Waals surface area contributed by atoms with Gasteiger partial charge in [-0.05, 0) is 29.7 Å². The Bertz CT molecular complexity index is 643. The van der Waals surface area contributed by atoms with Gasteiger partial charge in [0.1, 0.15) is 11.4 Å². The molecule has 106 valence electrons. The number of carbonyl (C=O) groups is 1. The highest BCUT2D eigenvalue weighted by Gasteiger charge is 2.20. The summed E-state index contributed by atoms with van der Waals surface area (Å²) in [5.41, 5.74) is 2.06. The summed E-state index contributed by atoms with van der Waals surface area (Å²) in [5, 5.41) is 9.16. The van der Waals surface area contributed by atoms with Gasteiger partial charge in [-0.3, -0.25) is 0 Å². The molecule has 1 aromatic heterocycles. The number of hydrogen-bond acceptors (Lipinski definition) is 4. The van der Waals surface area contributed by atoms with Crippen LogP contribution in [0.1, 0.15) is 41.8 Å². The van der Waals surface area contributed by atoms with Crippen LogP contribution in [0.2, 0.25) is 0 Å². The van der Waals surface area contributed by atoms with Crippen LogP contribution in [0.25, 0.3) is 11.3 Å². The van der Waals surface area contributed by atoms with Crippen molar-refractivity contribution in [2.24, 2.45) is 0 Å². The van der Waals surface area contributed by atoms with Crippen LogP contribution in [-0.4, -0.2) is 23.2 Å². The number of oxazole rings is 1. The van der Waals surface area contributed by atoms with Gasteiger partial charge in [-0.25, -0.2) is 9.78 Å². The van der Waals surface area contributed by atoms with E-state index in [0.29, 0.717) is 17.1 Å². The molecule has 1 heterocycles. The number of benzene rings is 1. The first kappa shape index (κ1) is 14.1. The smallest absolute Gasteiger partial charge is 0.374 e. The number of aromatic carboxylic acids is 1. The van der Waals surface area contributed by atoms with Crippen molar-refractivity contribution < 1.29 is 19.1 Å². The zero-order valence-corrected chi connectivity index (χ0v) is 11.9. The third kappa shape index (κ3) is 2.52. The van der Waals surface area contributed by atoms with Crippen molar-refractivity contribution in [3.63, 3.8) is 0 Å². The molecule has 0 saturated heterocycles. The third-order valence-electron chi connectivity index (χ3n) is 3.05. The second-order valence-electron chi connectivity index (χ2n) is 4.83. The average Bonchev–Trinajstić information content (AvgIpc) is 2.80. The Hall–Kier alpha value is -2.30. The second-order valence-corrected chi connectivity index (χ2v) is 4.83. The number of methoxy groups -OCH3 is 1. The first-order valence-corrected chi connectivity index (χ1v) is 6.33. The number of carboxylic acids is 1. The molecule has 1 N–H and O–H groups in total. The lowest BCUT2D eigenvalue weighted by molar-refractivity contribution is 0.0662. The van der Waals surface area contributed by atoms with Gasteiger partial charge < -0.3 is 14.3 Å². The summed E-state index contributed by atoms with van der Waals surface area (Å²) in [4.78, 5) is 15.4. The van der Waals surface area contributed by atoms with Gasteiger partial charge in [0, 0.05) is 12.5 Å². The zero-order chi connectivity index (χ0) is 14.9. The Labute approximate surface area is 117 Å². The largest absolute Gasteiger partial charge is 0.496 e. The number of aromatic nitrogens is 1. The summed E-state index contributed by atoms with van der Waals surface area (Å²) >= 11 is 0. The molecule has 20 heavy (non-hydrogen) atoms. The number of hydrogen-bond donors (Lipinski definition) is 1. The molecule has 0 spiro atoms. The lowest BCUT2D eigenvalue weighted by Crippen LogP contribution is -1.99. The lowest BCUT2D eigenvalue weighted by Gasteiger charge is -2.12. The highest BCUT2D eigenvalue weighted by molar-refractivity contribution is 5.91. The Morgan fingerprint density at radius 3 is 2.65 bits per heavy atom. The Morgan fingerprint density at radius 2 is 2.10 bits per heavy atom. The van der Waals surface area contributed by atoms with Gasteiger partial charge in [-0.1, -0.05) is 13.8 Å². The number of aryl methyl sites for hydroxylation is 1. The summed E-state index contributed by atoms with van der Waals surface area (Å²) in [6, 6.07) is 5.50. The summed E-state index contributed by atoms with van der Waals surface area (Å²) in [6.07, 6.45) is 0. The van der Waals surface area contributed by atoms with Crippen molar-refractivity contribution in [2.75, 3.05) is 7.11 Å². The molecule has 5 heteroatoms. The van der Waals surface area contributed by atoms with Crippen molar-refractivity contribution in [3.8, 4) is 17.0 Å². The van der Waals surface area contributed by atoms with Gasteiger partial charge >= 0.3 is 5.97 Å². The molecule has 5 nitrogen and oxygen atoms in total. The maximum absolute atomic E-state index is 11.2. The zero-order valence-electron chi connectivity index (χ0n) is 11.9. The number of carboxylic acid groups (broad SMARTS) is 1. The highest BCUT2D eigenvalue weighted by atomic mass is 16.5. The minimum atomic E-state index is -1.12. The second kappa shape index (κ2) is 5.36. The van der Waals surface area contributed by atoms with Gasteiger partial charge in [0.05, 0.1) is 7.11 Å². The first-order chi connectivity index (χ1) is 9.43. The van der Waals surface area contributed by atoms with Crippen molar-refractivity contribution >= 4 is 5.97 Å². The van der Waals surface area contributed by atoms with Crippen molar-refractivity contribution in [1.29, 1.82) is 0 Å². The predicted octanol–water partition coefficient (Wildman–Crippen LogP) is 3.48.